The lowest BCUT2D eigenvalue weighted by Gasteiger charge is -2.20. The van der Waals surface area contributed by atoms with Crippen LogP contribution in [0.4, 0.5) is 0 Å². The van der Waals surface area contributed by atoms with E-state index in [9.17, 15) is 9.59 Å². The highest BCUT2D eigenvalue weighted by molar-refractivity contribution is 5.93. The first-order chi connectivity index (χ1) is 8.73. The average Bonchev–Trinajstić information content (AvgIpc) is 2.26. The summed E-state index contributed by atoms with van der Waals surface area (Å²) in [5.74, 6) is -1.00. The topological polar surface area (TPSA) is 72.8 Å². The van der Waals surface area contributed by atoms with Gasteiger partial charge in [-0.15, -0.1) is 0 Å². The summed E-state index contributed by atoms with van der Waals surface area (Å²) in [4.78, 5) is 23.0. The highest BCUT2D eigenvalue weighted by Gasteiger charge is 2.22. The zero-order valence-electron chi connectivity index (χ0n) is 11.5. The largest absolute Gasteiger partial charge is 0.456 e. The van der Waals surface area contributed by atoms with Gasteiger partial charge < -0.3 is 14.6 Å². The number of ether oxygens (including phenoxy) is 2. The fraction of sp³-hybridized carbons (Fsp3) is 0.429. The first-order valence-electron chi connectivity index (χ1n) is 5.88. The normalized spacial score (nSPS) is 11.0. The number of aliphatic hydroxyl groups is 1. The molecule has 5 heteroatoms. The van der Waals surface area contributed by atoms with E-state index >= 15 is 0 Å². The highest BCUT2D eigenvalue weighted by Crippen LogP contribution is 2.23. The molecule has 5 nitrogen and oxygen atoms in total. The minimum Gasteiger partial charge on any atom is -0.456 e. The van der Waals surface area contributed by atoms with Crippen molar-refractivity contribution in [3.05, 3.63) is 29.3 Å². The Balaban J connectivity index is 3.13. The summed E-state index contributed by atoms with van der Waals surface area (Å²) in [6, 6.07) is 4.49. The summed E-state index contributed by atoms with van der Waals surface area (Å²) < 4.78 is 10.2. The van der Waals surface area contributed by atoms with Crippen LogP contribution in [0.2, 0.25) is 0 Å². The zero-order valence-corrected chi connectivity index (χ0v) is 11.5. The van der Waals surface area contributed by atoms with Crippen molar-refractivity contribution in [2.45, 2.75) is 39.9 Å². The second kappa shape index (κ2) is 5.84. The number of aliphatic hydroxyl groups excluding tert-OH is 1. The Morgan fingerprint density at radius 3 is 2.37 bits per heavy atom. The minimum atomic E-state index is -0.653. The summed E-state index contributed by atoms with van der Waals surface area (Å²) in [6.45, 7) is 6.26. The first-order valence-corrected chi connectivity index (χ1v) is 5.88. The summed E-state index contributed by atoms with van der Waals surface area (Å²) in [5, 5.41) is 9.09. The molecule has 104 valence electrons. The molecular weight excluding hydrogens is 248 g/mol. The lowest BCUT2D eigenvalue weighted by molar-refractivity contribution is -0.131. The first kappa shape index (κ1) is 15.2. The van der Waals surface area contributed by atoms with Crippen LogP contribution in [0.25, 0.3) is 0 Å². The third kappa shape index (κ3) is 4.71. The van der Waals surface area contributed by atoms with Crippen LogP contribution in [-0.4, -0.2) is 22.6 Å². The van der Waals surface area contributed by atoms with Crippen molar-refractivity contribution >= 4 is 11.9 Å². The Morgan fingerprint density at radius 2 is 1.89 bits per heavy atom. The zero-order chi connectivity index (χ0) is 14.6. The molecule has 0 aliphatic rings. The maximum absolute atomic E-state index is 12.0. The van der Waals surface area contributed by atoms with Crippen LogP contribution < -0.4 is 4.74 Å². The third-order valence-corrected chi connectivity index (χ3v) is 2.10. The SMILES string of the molecule is CC(=O)Oc1ccc(CO)cc1C(=O)OC(C)(C)C. The van der Waals surface area contributed by atoms with Crippen molar-refractivity contribution in [2.24, 2.45) is 0 Å². The molecule has 1 N–H and O–H groups in total. The molecule has 0 saturated heterocycles. The molecule has 0 fully saturated rings. The fourth-order valence-electron chi connectivity index (χ4n) is 1.41. The molecule has 0 bridgehead atoms. The van der Waals surface area contributed by atoms with E-state index in [-0.39, 0.29) is 17.9 Å². The van der Waals surface area contributed by atoms with Crippen molar-refractivity contribution < 1.29 is 24.2 Å². The molecule has 0 spiro atoms. The van der Waals surface area contributed by atoms with Crippen LogP contribution in [0.3, 0.4) is 0 Å². The van der Waals surface area contributed by atoms with E-state index in [1.54, 1.807) is 26.8 Å². The van der Waals surface area contributed by atoms with Crippen LogP contribution in [0.15, 0.2) is 18.2 Å². The fourth-order valence-corrected chi connectivity index (χ4v) is 1.41. The second-order valence-corrected chi connectivity index (χ2v) is 5.08. The van der Waals surface area contributed by atoms with Crippen molar-refractivity contribution in [1.82, 2.24) is 0 Å². The van der Waals surface area contributed by atoms with Gasteiger partial charge in [-0.3, -0.25) is 4.79 Å². The molecular formula is C14H18O5. The molecule has 0 heterocycles. The Kier molecular flexibility index (Phi) is 4.67. The highest BCUT2D eigenvalue weighted by atomic mass is 16.6. The minimum absolute atomic E-state index is 0.122. The Labute approximate surface area is 112 Å². The van der Waals surface area contributed by atoms with Gasteiger partial charge in [-0.25, -0.2) is 4.79 Å². The van der Waals surface area contributed by atoms with E-state index in [0.717, 1.165) is 0 Å². The van der Waals surface area contributed by atoms with Gasteiger partial charge in [0, 0.05) is 6.92 Å². The smallest absolute Gasteiger partial charge is 0.342 e. The molecule has 0 saturated carbocycles. The van der Waals surface area contributed by atoms with Crippen LogP contribution in [-0.2, 0) is 16.1 Å². The summed E-state index contributed by atoms with van der Waals surface area (Å²) >= 11 is 0. The standard InChI is InChI=1S/C14H18O5/c1-9(16)18-12-6-5-10(8-15)7-11(12)13(17)19-14(2,3)4/h5-7,15H,8H2,1-4H3. The molecule has 1 rings (SSSR count). The number of hydrogen-bond acceptors (Lipinski definition) is 5. The maximum Gasteiger partial charge on any atom is 0.342 e. The number of esters is 2. The van der Waals surface area contributed by atoms with Gasteiger partial charge in [0.15, 0.2) is 0 Å². The quantitative estimate of drug-likeness (QED) is 0.669. The van der Waals surface area contributed by atoms with Gasteiger partial charge in [0.2, 0.25) is 0 Å². The van der Waals surface area contributed by atoms with Crippen molar-refractivity contribution in [3.8, 4) is 5.75 Å². The molecule has 19 heavy (non-hydrogen) atoms. The number of hydrogen-bond donors (Lipinski definition) is 1. The molecule has 1 aromatic carbocycles. The predicted molar refractivity (Wildman–Crippen MR) is 68.8 cm³/mol. The van der Waals surface area contributed by atoms with E-state index in [2.05, 4.69) is 0 Å². The molecule has 0 amide bonds. The Morgan fingerprint density at radius 1 is 1.26 bits per heavy atom. The number of carbonyl (C=O) groups excluding carboxylic acids is 2. The van der Waals surface area contributed by atoms with E-state index in [4.69, 9.17) is 14.6 Å². The molecule has 0 radical (unpaired) electrons. The average molecular weight is 266 g/mol. The van der Waals surface area contributed by atoms with Gasteiger partial charge in [-0.2, -0.15) is 0 Å². The van der Waals surface area contributed by atoms with E-state index < -0.39 is 17.5 Å². The summed E-state index contributed by atoms with van der Waals surface area (Å²) in [7, 11) is 0. The molecule has 0 aromatic heterocycles. The second-order valence-electron chi connectivity index (χ2n) is 5.08. The summed E-state index contributed by atoms with van der Waals surface area (Å²) in [5.41, 5.74) is 0.00761. The lowest BCUT2D eigenvalue weighted by atomic mass is 10.1. The van der Waals surface area contributed by atoms with E-state index in [1.165, 1.54) is 19.1 Å². The van der Waals surface area contributed by atoms with Crippen molar-refractivity contribution in [1.29, 1.82) is 0 Å². The molecule has 0 atom stereocenters. The molecule has 0 aliphatic carbocycles. The van der Waals surface area contributed by atoms with E-state index in [1.807, 2.05) is 0 Å². The Hall–Kier alpha value is -1.88. The van der Waals surface area contributed by atoms with Gasteiger partial charge in [0.05, 0.1) is 6.61 Å². The lowest BCUT2D eigenvalue weighted by Crippen LogP contribution is -2.24. The number of benzene rings is 1. The van der Waals surface area contributed by atoms with Crippen LogP contribution in [0.1, 0.15) is 43.6 Å². The van der Waals surface area contributed by atoms with E-state index in [0.29, 0.717) is 5.56 Å². The van der Waals surface area contributed by atoms with Gasteiger partial charge in [-0.05, 0) is 38.5 Å². The summed E-state index contributed by atoms with van der Waals surface area (Å²) in [6.07, 6.45) is 0. The van der Waals surface area contributed by atoms with Crippen molar-refractivity contribution in [2.75, 3.05) is 0 Å². The van der Waals surface area contributed by atoms with Gasteiger partial charge in [0.25, 0.3) is 0 Å². The Bertz CT molecular complexity index is 485. The van der Waals surface area contributed by atoms with Gasteiger partial charge >= 0.3 is 11.9 Å². The van der Waals surface area contributed by atoms with Gasteiger partial charge in [-0.1, -0.05) is 6.07 Å². The monoisotopic (exact) mass is 266 g/mol. The van der Waals surface area contributed by atoms with Gasteiger partial charge in [0.1, 0.15) is 16.9 Å². The van der Waals surface area contributed by atoms with Crippen LogP contribution in [0, 0.1) is 0 Å². The predicted octanol–water partition coefficient (Wildman–Crippen LogP) is 2.06. The maximum atomic E-state index is 12.0. The number of rotatable bonds is 3. The van der Waals surface area contributed by atoms with Crippen LogP contribution >= 0.6 is 0 Å². The molecule has 0 aliphatic heterocycles. The third-order valence-electron chi connectivity index (χ3n) is 2.10. The number of carbonyl (C=O) groups is 2. The van der Waals surface area contributed by atoms with Crippen molar-refractivity contribution in [3.63, 3.8) is 0 Å². The van der Waals surface area contributed by atoms with Crippen LogP contribution in [0.5, 0.6) is 5.75 Å². The molecule has 0 unspecified atom stereocenters. The molecule has 1 aromatic rings.